The van der Waals surface area contributed by atoms with E-state index in [1.165, 1.54) is 32.1 Å². The summed E-state index contributed by atoms with van der Waals surface area (Å²) in [6, 6.07) is 0.414. The van der Waals surface area contributed by atoms with Crippen LogP contribution in [0.2, 0.25) is 0 Å². The first kappa shape index (κ1) is 29.9. The topological polar surface area (TPSA) is 61.4 Å². The molecule has 1 fully saturated rings. The fourth-order valence-corrected chi connectivity index (χ4v) is 5.80. The number of unbranched alkanes of at least 4 members (excludes halogenated alkanes) is 2. The van der Waals surface area contributed by atoms with Gasteiger partial charge in [0.25, 0.3) is 0 Å². The fraction of sp³-hybridized carbons (Fsp3) is 0.821. The predicted molar refractivity (Wildman–Crippen MR) is 152 cm³/mol. The molecule has 1 heterocycles. The van der Waals surface area contributed by atoms with Gasteiger partial charge in [-0.2, -0.15) is 0 Å². The highest BCUT2D eigenvalue weighted by molar-refractivity contribution is 7.98. The summed E-state index contributed by atoms with van der Waals surface area (Å²) in [5.41, 5.74) is 0.807. The van der Waals surface area contributed by atoms with Gasteiger partial charge in [0.15, 0.2) is 5.82 Å². The largest absolute Gasteiger partial charge is 0.355 e. The Labute approximate surface area is 219 Å². The molecule has 1 aromatic heterocycles. The molecule has 35 heavy (non-hydrogen) atoms. The number of aromatic nitrogens is 2. The second-order valence-corrected chi connectivity index (χ2v) is 10.8. The van der Waals surface area contributed by atoms with Gasteiger partial charge in [0.1, 0.15) is 16.5 Å². The van der Waals surface area contributed by atoms with Crippen molar-refractivity contribution in [2.45, 2.75) is 129 Å². The van der Waals surface area contributed by atoms with Crippen molar-refractivity contribution in [2.24, 2.45) is 0 Å². The van der Waals surface area contributed by atoms with Gasteiger partial charge in [-0.3, -0.25) is 9.69 Å². The molecule has 0 aliphatic heterocycles. The lowest BCUT2D eigenvalue weighted by molar-refractivity contribution is -0.123. The van der Waals surface area contributed by atoms with Crippen LogP contribution in [0.5, 0.6) is 0 Å². The van der Waals surface area contributed by atoms with Crippen LogP contribution >= 0.6 is 11.8 Å². The molecule has 1 aromatic rings. The van der Waals surface area contributed by atoms with Gasteiger partial charge in [-0.15, -0.1) is 11.8 Å². The van der Waals surface area contributed by atoms with E-state index in [9.17, 15) is 4.79 Å². The lowest BCUT2D eigenvalue weighted by atomic mass is 9.92. The lowest BCUT2D eigenvalue weighted by Crippen LogP contribution is -2.50. The molecular formula is C28H51N5OS. The Morgan fingerprint density at radius 2 is 1.63 bits per heavy atom. The molecule has 0 radical (unpaired) electrons. The third-order valence-corrected chi connectivity index (χ3v) is 7.75. The van der Waals surface area contributed by atoms with Crippen molar-refractivity contribution in [1.82, 2.24) is 14.9 Å². The molecule has 0 spiro atoms. The number of carbonyl (C=O) groups is 1. The van der Waals surface area contributed by atoms with Crippen LogP contribution in [0.4, 0.5) is 11.5 Å². The summed E-state index contributed by atoms with van der Waals surface area (Å²) in [7, 11) is 0. The Hall–Kier alpha value is -1.34. The number of rotatable bonds is 16. The Bertz CT molecular complexity index is 745. The molecule has 0 bridgehead atoms. The molecule has 0 saturated heterocycles. The first-order valence-electron chi connectivity index (χ1n) is 14.2. The number of hydrogen-bond donors (Lipinski definition) is 1. The number of anilines is 2. The second-order valence-electron chi connectivity index (χ2n) is 10.00. The van der Waals surface area contributed by atoms with Crippen molar-refractivity contribution in [3.05, 3.63) is 5.82 Å². The standard InChI is InChI=1S/C28H51N5OS/c1-7-11-20-32(21-12-8-2)26-25(28(35-6)30-22(5)29-26)31-27(34)24(16-9-3)33(19-10-4)23-17-14-13-15-18-23/h23-24H,7-21H2,1-6H3,(H,31,34). The number of amides is 1. The number of carbonyl (C=O) groups excluding carboxylic acids is 1. The third-order valence-electron chi connectivity index (χ3n) is 7.06. The first-order chi connectivity index (χ1) is 17.0. The Morgan fingerprint density at radius 1 is 0.971 bits per heavy atom. The number of thioether (sulfide) groups is 1. The Balaban J connectivity index is 2.41. The van der Waals surface area contributed by atoms with Crippen molar-refractivity contribution in [1.29, 1.82) is 0 Å². The highest BCUT2D eigenvalue weighted by Gasteiger charge is 2.32. The van der Waals surface area contributed by atoms with E-state index in [1.54, 1.807) is 11.8 Å². The summed E-state index contributed by atoms with van der Waals surface area (Å²) < 4.78 is 0. The van der Waals surface area contributed by atoms with Crippen LogP contribution in [0, 0.1) is 6.92 Å². The summed E-state index contributed by atoms with van der Waals surface area (Å²) in [5.74, 6) is 1.77. The van der Waals surface area contributed by atoms with Crippen molar-refractivity contribution in [3.63, 3.8) is 0 Å². The van der Waals surface area contributed by atoms with Crippen LogP contribution in [-0.2, 0) is 4.79 Å². The normalized spacial score (nSPS) is 15.4. The van der Waals surface area contributed by atoms with E-state index < -0.39 is 0 Å². The zero-order valence-electron chi connectivity index (χ0n) is 23.4. The van der Waals surface area contributed by atoms with Crippen LogP contribution < -0.4 is 10.2 Å². The SMILES string of the molecule is CCCCN(CCCC)c1nc(C)nc(SC)c1NC(=O)C(CCC)N(CCC)C1CCCCC1. The van der Waals surface area contributed by atoms with Gasteiger partial charge >= 0.3 is 0 Å². The molecule has 1 saturated carbocycles. The maximum atomic E-state index is 14.0. The molecule has 1 aliphatic carbocycles. The minimum atomic E-state index is -0.105. The number of nitrogens with zero attached hydrogens (tertiary/aromatic N) is 4. The van der Waals surface area contributed by atoms with Crippen LogP contribution in [-0.4, -0.2) is 58.7 Å². The Morgan fingerprint density at radius 3 is 2.17 bits per heavy atom. The van der Waals surface area contributed by atoms with Gasteiger partial charge in [-0.25, -0.2) is 9.97 Å². The molecule has 0 aromatic carbocycles. The lowest BCUT2D eigenvalue weighted by Gasteiger charge is -2.39. The van der Waals surface area contributed by atoms with Gasteiger partial charge in [0.05, 0.1) is 6.04 Å². The van der Waals surface area contributed by atoms with E-state index >= 15 is 0 Å². The van der Waals surface area contributed by atoms with Crippen LogP contribution in [0.1, 0.15) is 111 Å². The highest BCUT2D eigenvalue weighted by atomic mass is 32.2. The Kier molecular flexibility index (Phi) is 14.0. The average Bonchev–Trinajstić information content (AvgIpc) is 2.87. The molecule has 1 aliphatic rings. The molecule has 7 heteroatoms. The molecule has 2 rings (SSSR count). The van der Waals surface area contributed by atoms with E-state index in [0.29, 0.717) is 6.04 Å². The summed E-state index contributed by atoms with van der Waals surface area (Å²) in [5, 5.41) is 4.25. The molecule has 6 nitrogen and oxygen atoms in total. The van der Waals surface area contributed by atoms with Gasteiger partial charge < -0.3 is 10.2 Å². The molecule has 1 atom stereocenters. The summed E-state index contributed by atoms with van der Waals surface area (Å²) in [4.78, 5) is 28.5. The van der Waals surface area contributed by atoms with Crippen LogP contribution in [0.3, 0.4) is 0 Å². The zero-order valence-corrected chi connectivity index (χ0v) is 24.2. The number of nitrogens with one attached hydrogen (secondary N) is 1. The van der Waals surface area contributed by atoms with Crippen molar-refractivity contribution in [2.75, 3.05) is 36.1 Å². The maximum Gasteiger partial charge on any atom is 0.241 e. The summed E-state index contributed by atoms with van der Waals surface area (Å²) in [6.07, 6.45) is 15.8. The first-order valence-corrected chi connectivity index (χ1v) is 15.5. The fourth-order valence-electron chi connectivity index (χ4n) is 5.23. The van der Waals surface area contributed by atoms with E-state index in [0.717, 1.165) is 86.9 Å². The highest BCUT2D eigenvalue weighted by Crippen LogP contribution is 2.34. The van der Waals surface area contributed by atoms with Crippen molar-refractivity contribution in [3.8, 4) is 0 Å². The molecule has 1 unspecified atom stereocenters. The van der Waals surface area contributed by atoms with Gasteiger partial charge in [-0.1, -0.05) is 66.2 Å². The predicted octanol–water partition coefficient (Wildman–Crippen LogP) is 7.07. The molecule has 200 valence electrons. The van der Waals surface area contributed by atoms with Gasteiger partial charge in [0, 0.05) is 19.1 Å². The van der Waals surface area contributed by atoms with Crippen LogP contribution in [0.25, 0.3) is 0 Å². The molecule has 1 amide bonds. The average molecular weight is 506 g/mol. The van der Waals surface area contributed by atoms with Gasteiger partial charge in [0.2, 0.25) is 5.91 Å². The second kappa shape index (κ2) is 16.4. The van der Waals surface area contributed by atoms with Crippen molar-refractivity contribution >= 4 is 29.2 Å². The van der Waals surface area contributed by atoms with Gasteiger partial charge in [-0.05, 0) is 58.2 Å². The molecule has 1 N–H and O–H groups in total. The summed E-state index contributed by atoms with van der Waals surface area (Å²) in [6.45, 7) is 13.7. The van der Waals surface area contributed by atoms with E-state index in [-0.39, 0.29) is 11.9 Å². The maximum absolute atomic E-state index is 14.0. The summed E-state index contributed by atoms with van der Waals surface area (Å²) >= 11 is 1.60. The smallest absolute Gasteiger partial charge is 0.241 e. The molecular weight excluding hydrogens is 454 g/mol. The van der Waals surface area contributed by atoms with E-state index in [2.05, 4.69) is 42.8 Å². The van der Waals surface area contributed by atoms with E-state index in [1.807, 2.05) is 13.2 Å². The minimum Gasteiger partial charge on any atom is -0.355 e. The minimum absolute atomic E-state index is 0.105. The van der Waals surface area contributed by atoms with Crippen molar-refractivity contribution < 1.29 is 4.79 Å². The number of aryl methyl sites for hydroxylation is 1. The number of hydrogen-bond acceptors (Lipinski definition) is 6. The quantitative estimate of drug-likeness (QED) is 0.192. The van der Waals surface area contributed by atoms with E-state index in [4.69, 9.17) is 9.97 Å². The third kappa shape index (κ3) is 8.92. The van der Waals surface area contributed by atoms with Crippen LogP contribution in [0.15, 0.2) is 5.03 Å². The monoisotopic (exact) mass is 505 g/mol. The zero-order chi connectivity index (χ0) is 25.6.